The molecule has 7 nitrogen and oxygen atoms in total. The van der Waals surface area contributed by atoms with Crippen molar-refractivity contribution in [1.82, 2.24) is 15.5 Å². The molecule has 146 valence electrons. The molecule has 0 unspecified atom stereocenters. The summed E-state index contributed by atoms with van der Waals surface area (Å²) in [6.45, 7) is 3.64. The number of benzene rings is 1. The van der Waals surface area contributed by atoms with E-state index in [-0.39, 0.29) is 6.03 Å². The predicted molar refractivity (Wildman–Crippen MR) is 101 cm³/mol. The Labute approximate surface area is 159 Å². The second kappa shape index (κ2) is 8.43. The van der Waals surface area contributed by atoms with Crippen molar-refractivity contribution in [3.63, 3.8) is 0 Å². The highest BCUT2D eigenvalue weighted by Gasteiger charge is 2.35. The number of amides is 2. The average Bonchev–Trinajstić information content (AvgIpc) is 2.69. The van der Waals surface area contributed by atoms with Gasteiger partial charge in [0.2, 0.25) is 0 Å². The van der Waals surface area contributed by atoms with Gasteiger partial charge in [0.05, 0.1) is 25.8 Å². The fourth-order valence-corrected chi connectivity index (χ4v) is 3.76. The van der Waals surface area contributed by atoms with Crippen molar-refractivity contribution >= 4 is 12.0 Å². The van der Waals surface area contributed by atoms with Crippen LogP contribution in [0.2, 0.25) is 0 Å². The third-order valence-electron chi connectivity index (χ3n) is 5.29. The summed E-state index contributed by atoms with van der Waals surface area (Å²) < 4.78 is 10.3. The third kappa shape index (κ3) is 4.24. The molecule has 0 aromatic heterocycles. The van der Waals surface area contributed by atoms with Gasteiger partial charge in [-0.15, -0.1) is 0 Å². The fourth-order valence-electron chi connectivity index (χ4n) is 3.76. The zero-order valence-electron chi connectivity index (χ0n) is 16.1. The van der Waals surface area contributed by atoms with Gasteiger partial charge in [0.1, 0.15) is 5.75 Å². The first-order valence-corrected chi connectivity index (χ1v) is 9.30. The lowest BCUT2D eigenvalue weighted by atomic mass is 9.94. The molecule has 27 heavy (non-hydrogen) atoms. The molecule has 0 aliphatic carbocycles. The minimum atomic E-state index is -0.587. The Kier molecular flexibility index (Phi) is 6.01. The highest BCUT2D eigenvalue weighted by Crippen LogP contribution is 2.30. The van der Waals surface area contributed by atoms with Crippen LogP contribution in [0.4, 0.5) is 4.79 Å². The molecule has 1 fully saturated rings. The van der Waals surface area contributed by atoms with Crippen molar-refractivity contribution in [2.75, 3.05) is 27.3 Å². The number of hydrogen-bond donors (Lipinski definition) is 2. The van der Waals surface area contributed by atoms with Crippen LogP contribution in [-0.4, -0.2) is 50.3 Å². The average molecular weight is 373 g/mol. The molecule has 0 spiro atoms. The highest BCUT2D eigenvalue weighted by atomic mass is 16.5. The Bertz CT molecular complexity index is 746. The number of carbonyl (C=O) groups excluding carboxylic acids is 2. The van der Waals surface area contributed by atoms with Gasteiger partial charge < -0.3 is 20.1 Å². The summed E-state index contributed by atoms with van der Waals surface area (Å²) in [5.74, 6) is 0.214. The van der Waals surface area contributed by atoms with Crippen molar-refractivity contribution < 1.29 is 19.1 Å². The molecular formula is C20H27N3O4. The summed E-state index contributed by atoms with van der Waals surface area (Å²) in [7, 11) is 2.94. The zero-order chi connectivity index (χ0) is 19.4. The molecule has 2 heterocycles. The van der Waals surface area contributed by atoms with E-state index in [0.717, 1.165) is 24.9 Å². The number of carbonyl (C=O) groups is 2. The lowest BCUT2D eigenvalue weighted by molar-refractivity contribution is -0.136. The largest absolute Gasteiger partial charge is 0.497 e. The van der Waals surface area contributed by atoms with Gasteiger partial charge in [0, 0.05) is 18.3 Å². The first-order chi connectivity index (χ1) is 13.0. The minimum Gasteiger partial charge on any atom is -0.497 e. The zero-order valence-corrected chi connectivity index (χ0v) is 16.1. The molecule has 1 saturated heterocycles. The van der Waals surface area contributed by atoms with Crippen molar-refractivity contribution in [2.45, 2.75) is 38.3 Å². The summed E-state index contributed by atoms with van der Waals surface area (Å²) in [4.78, 5) is 27.3. The van der Waals surface area contributed by atoms with Crippen molar-refractivity contribution in [1.29, 1.82) is 0 Å². The van der Waals surface area contributed by atoms with Crippen molar-refractivity contribution in [3.8, 4) is 5.75 Å². The fraction of sp³-hybridized carbons (Fsp3) is 0.500. The van der Waals surface area contributed by atoms with E-state index in [4.69, 9.17) is 9.47 Å². The number of piperidine rings is 1. The van der Waals surface area contributed by atoms with Crippen LogP contribution in [0.15, 0.2) is 35.5 Å². The maximum atomic E-state index is 12.6. The first-order valence-electron chi connectivity index (χ1n) is 9.30. The van der Waals surface area contributed by atoms with Crippen molar-refractivity contribution in [2.24, 2.45) is 0 Å². The van der Waals surface area contributed by atoms with Gasteiger partial charge in [-0.3, -0.25) is 4.90 Å². The lowest BCUT2D eigenvalue weighted by Gasteiger charge is -2.36. The van der Waals surface area contributed by atoms with Gasteiger partial charge in [-0.25, -0.2) is 9.59 Å². The van der Waals surface area contributed by atoms with E-state index >= 15 is 0 Å². The second-order valence-corrected chi connectivity index (χ2v) is 7.01. The maximum absolute atomic E-state index is 12.6. The Balaban J connectivity index is 2.00. The van der Waals surface area contributed by atoms with Crippen LogP contribution < -0.4 is 15.4 Å². The number of rotatable bonds is 5. The quantitative estimate of drug-likeness (QED) is 0.775. The van der Waals surface area contributed by atoms with Crippen LogP contribution in [0.3, 0.4) is 0 Å². The van der Waals surface area contributed by atoms with E-state index in [1.54, 1.807) is 7.11 Å². The molecule has 3 rings (SSSR count). The van der Waals surface area contributed by atoms with Crippen LogP contribution >= 0.6 is 0 Å². The lowest BCUT2D eigenvalue weighted by Crippen LogP contribution is -2.50. The van der Waals surface area contributed by atoms with E-state index in [2.05, 4.69) is 22.5 Å². The monoisotopic (exact) mass is 373 g/mol. The highest BCUT2D eigenvalue weighted by molar-refractivity contribution is 5.95. The number of urea groups is 1. The number of nitrogens with one attached hydrogen (secondary N) is 2. The normalized spacial score (nSPS) is 23.4. The smallest absolute Gasteiger partial charge is 0.338 e. The Hall–Kier alpha value is -2.54. The molecule has 2 amide bonds. The Morgan fingerprint density at radius 1 is 1.30 bits per heavy atom. The molecule has 0 saturated carbocycles. The van der Waals surface area contributed by atoms with E-state index in [9.17, 15) is 9.59 Å². The van der Waals surface area contributed by atoms with Gasteiger partial charge in [-0.05, 0) is 44.0 Å². The summed E-state index contributed by atoms with van der Waals surface area (Å²) in [5, 5.41) is 5.68. The van der Waals surface area contributed by atoms with Gasteiger partial charge >= 0.3 is 12.0 Å². The molecule has 7 heteroatoms. The van der Waals surface area contributed by atoms with Crippen LogP contribution in [0, 0.1) is 0 Å². The third-order valence-corrected chi connectivity index (χ3v) is 5.29. The number of nitrogens with zero attached hydrogens (tertiary/aromatic N) is 1. The molecule has 2 aliphatic heterocycles. The topological polar surface area (TPSA) is 79.9 Å². The molecule has 1 aromatic rings. The van der Waals surface area contributed by atoms with Crippen LogP contribution in [0.25, 0.3) is 0 Å². The van der Waals surface area contributed by atoms with Gasteiger partial charge in [-0.2, -0.15) is 0 Å². The van der Waals surface area contributed by atoms with Crippen LogP contribution in [-0.2, 0) is 9.53 Å². The summed E-state index contributed by atoms with van der Waals surface area (Å²) >= 11 is 0. The molecule has 2 N–H and O–H groups in total. The summed E-state index contributed by atoms with van der Waals surface area (Å²) in [6, 6.07) is 6.84. The minimum absolute atomic E-state index is 0.324. The molecule has 1 aromatic carbocycles. The Morgan fingerprint density at radius 3 is 2.81 bits per heavy atom. The maximum Gasteiger partial charge on any atom is 0.338 e. The predicted octanol–water partition coefficient (Wildman–Crippen LogP) is 2.35. The number of ether oxygens (including phenoxy) is 2. The Morgan fingerprint density at radius 2 is 2.11 bits per heavy atom. The van der Waals surface area contributed by atoms with Gasteiger partial charge in [0.25, 0.3) is 0 Å². The van der Waals surface area contributed by atoms with Gasteiger partial charge in [-0.1, -0.05) is 18.6 Å². The standard InChI is InChI=1S/C20H27N3O4/c1-13-7-4-5-10-23(13)12-16-17(19(24)27-3)18(22-20(25)21-16)14-8-6-9-15(11-14)26-2/h6,8-9,11,13,18H,4-5,7,10,12H2,1-3H3,(H2,21,22,25)/t13-,18+/m1/s1. The van der Waals surface area contributed by atoms with Crippen LogP contribution in [0.5, 0.6) is 5.75 Å². The number of likely N-dealkylation sites (tertiary alicyclic amines) is 1. The van der Waals surface area contributed by atoms with Crippen LogP contribution in [0.1, 0.15) is 37.8 Å². The van der Waals surface area contributed by atoms with Crippen molar-refractivity contribution in [3.05, 3.63) is 41.1 Å². The van der Waals surface area contributed by atoms with E-state index in [0.29, 0.717) is 29.6 Å². The van der Waals surface area contributed by atoms with E-state index in [1.165, 1.54) is 13.5 Å². The number of methoxy groups -OCH3 is 2. The van der Waals surface area contributed by atoms with E-state index in [1.807, 2.05) is 24.3 Å². The summed E-state index contributed by atoms with van der Waals surface area (Å²) in [5.41, 5.74) is 1.81. The van der Waals surface area contributed by atoms with E-state index < -0.39 is 12.0 Å². The summed E-state index contributed by atoms with van der Waals surface area (Å²) in [6.07, 6.45) is 3.45. The molecule has 2 aliphatic rings. The molecular weight excluding hydrogens is 346 g/mol. The number of hydrogen-bond acceptors (Lipinski definition) is 5. The molecule has 0 radical (unpaired) electrons. The first kappa shape index (κ1) is 19.2. The molecule has 2 atom stereocenters. The SMILES string of the molecule is COC(=O)C1=C(CN2CCCC[C@H]2C)NC(=O)N[C@H]1c1cccc(OC)c1. The van der Waals surface area contributed by atoms with Gasteiger partial charge in [0.15, 0.2) is 0 Å². The second-order valence-electron chi connectivity index (χ2n) is 7.01. The molecule has 0 bridgehead atoms. The number of esters is 1.